The van der Waals surface area contributed by atoms with Crippen molar-refractivity contribution in [3.05, 3.63) is 60.0 Å². The summed E-state index contributed by atoms with van der Waals surface area (Å²) in [6.07, 6.45) is 5.57. The number of halogens is 1. The molecule has 6 heteroatoms. The third-order valence-electron chi connectivity index (χ3n) is 7.47. The Morgan fingerprint density at radius 1 is 0.939 bits per heavy atom. The SMILES string of the molecule is COc1cccc(N2CCN(CCN3CCC(Cc4c[nH]c5ccc(F)cc45)CC3)CC2)c1. The number of nitrogens with one attached hydrogen (secondary N) is 1. The molecule has 2 aliphatic heterocycles. The average molecular weight is 451 g/mol. The summed E-state index contributed by atoms with van der Waals surface area (Å²) >= 11 is 0. The summed E-state index contributed by atoms with van der Waals surface area (Å²) < 4.78 is 19.0. The first-order valence-electron chi connectivity index (χ1n) is 12.3. The smallest absolute Gasteiger partial charge is 0.123 e. The maximum Gasteiger partial charge on any atom is 0.123 e. The second-order valence-electron chi connectivity index (χ2n) is 9.52. The molecule has 5 rings (SSSR count). The van der Waals surface area contributed by atoms with Crippen LogP contribution in [0.25, 0.3) is 10.9 Å². The summed E-state index contributed by atoms with van der Waals surface area (Å²) in [5.74, 6) is 1.47. The average Bonchev–Trinajstić information content (AvgIpc) is 3.25. The lowest BCUT2D eigenvalue weighted by Crippen LogP contribution is -2.49. The number of piperidine rings is 1. The van der Waals surface area contributed by atoms with Gasteiger partial charge in [0.25, 0.3) is 0 Å². The van der Waals surface area contributed by atoms with Crippen molar-refractivity contribution in [3.63, 3.8) is 0 Å². The summed E-state index contributed by atoms with van der Waals surface area (Å²) in [6, 6.07) is 13.4. The molecule has 1 N–H and O–H groups in total. The predicted molar refractivity (Wildman–Crippen MR) is 133 cm³/mol. The van der Waals surface area contributed by atoms with E-state index in [-0.39, 0.29) is 5.82 Å². The number of hydrogen-bond donors (Lipinski definition) is 1. The fourth-order valence-corrected chi connectivity index (χ4v) is 5.36. The molecular formula is C27H35FN4O. The van der Waals surface area contributed by atoms with E-state index in [2.05, 4.69) is 44.1 Å². The number of benzene rings is 2. The first-order chi connectivity index (χ1) is 16.2. The maximum absolute atomic E-state index is 13.7. The Bertz CT molecular complexity index is 1050. The number of methoxy groups -OCH3 is 1. The molecule has 1 aromatic heterocycles. The van der Waals surface area contributed by atoms with Crippen molar-refractivity contribution in [3.8, 4) is 5.75 Å². The van der Waals surface area contributed by atoms with Gasteiger partial charge in [-0.1, -0.05) is 6.07 Å². The minimum atomic E-state index is -0.150. The Kier molecular flexibility index (Phi) is 6.83. The molecule has 176 valence electrons. The van der Waals surface area contributed by atoms with Gasteiger partial charge >= 0.3 is 0 Å². The van der Waals surface area contributed by atoms with Crippen molar-refractivity contribution in [1.29, 1.82) is 0 Å². The minimum Gasteiger partial charge on any atom is -0.497 e. The van der Waals surface area contributed by atoms with Crippen molar-refractivity contribution in [1.82, 2.24) is 14.8 Å². The van der Waals surface area contributed by atoms with E-state index in [4.69, 9.17) is 4.74 Å². The van der Waals surface area contributed by atoms with Gasteiger partial charge in [-0.05, 0) is 74.2 Å². The standard InChI is InChI=1S/C27H35FN4O/c1-33-25-4-2-3-24(19-25)32-15-13-31(14-16-32)12-11-30-9-7-21(8-10-30)17-22-20-29-27-6-5-23(28)18-26(22)27/h2-6,18-21,29H,7-17H2,1H3. The quantitative estimate of drug-likeness (QED) is 0.579. The molecule has 5 nitrogen and oxygen atoms in total. The molecule has 0 atom stereocenters. The summed E-state index contributed by atoms with van der Waals surface area (Å²) in [4.78, 5) is 11.0. The fourth-order valence-electron chi connectivity index (χ4n) is 5.36. The van der Waals surface area contributed by atoms with Gasteiger partial charge in [-0.25, -0.2) is 4.39 Å². The lowest BCUT2D eigenvalue weighted by molar-refractivity contribution is 0.152. The van der Waals surface area contributed by atoms with E-state index in [0.717, 1.165) is 62.3 Å². The number of rotatable bonds is 7. The number of anilines is 1. The Morgan fingerprint density at radius 3 is 2.45 bits per heavy atom. The van der Waals surface area contributed by atoms with Crippen LogP contribution in [0.1, 0.15) is 18.4 Å². The van der Waals surface area contributed by atoms with Crippen LogP contribution in [0.15, 0.2) is 48.7 Å². The van der Waals surface area contributed by atoms with Crippen LogP contribution in [-0.2, 0) is 6.42 Å². The maximum atomic E-state index is 13.7. The highest BCUT2D eigenvalue weighted by Gasteiger charge is 2.22. The molecule has 2 fully saturated rings. The molecule has 2 saturated heterocycles. The number of nitrogens with zero attached hydrogens (tertiary/aromatic N) is 3. The van der Waals surface area contributed by atoms with Gasteiger partial charge in [0, 0.05) is 68.1 Å². The van der Waals surface area contributed by atoms with Crippen LogP contribution >= 0.6 is 0 Å². The zero-order valence-corrected chi connectivity index (χ0v) is 19.6. The van der Waals surface area contributed by atoms with E-state index < -0.39 is 0 Å². The number of fused-ring (bicyclic) bond motifs is 1. The van der Waals surface area contributed by atoms with Gasteiger partial charge in [-0.15, -0.1) is 0 Å². The molecule has 0 spiro atoms. The highest BCUT2D eigenvalue weighted by atomic mass is 19.1. The number of hydrogen-bond acceptors (Lipinski definition) is 4. The van der Waals surface area contributed by atoms with Crippen LogP contribution in [0, 0.1) is 11.7 Å². The van der Waals surface area contributed by atoms with Crippen LogP contribution in [0.5, 0.6) is 5.75 Å². The molecule has 33 heavy (non-hydrogen) atoms. The molecule has 0 radical (unpaired) electrons. The Morgan fingerprint density at radius 2 is 1.70 bits per heavy atom. The summed E-state index contributed by atoms with van der Waals surface area (Å²) in [5, 5.41) is 1.05. The second kappa shape index (κ2) is 10.1. The Hall–Kier alpha value is -2.57. The third kappa shape index (κ3) is 5.33. The molecule has 2 aromatic carbocycles. The third-order valence-corrected chi connectivity index (χ3v) is 7.47. The first kappa shape index (κ1) is 22.2. The molecule has 3 aromatic rings. The van der Waals surface area contributed by atoms with Crippen molar-refractivity contribution < 1.29 is 9.13 Å². The number of aromatic nitrogens is 1. The van der Waals surface area contributed by atoms with Crippen LogP contribution < -0.4 is 9.64 Å². The molecule has 0 unspecified atom stereocenters. The zero-order valence-electron chi connectivity index (χ0n) is 19.6. The normalized spacial score (nSPS) is 18.8. The van der Waals surface area contributed by atoms with E-state index in [1.807, 2.05) is 12.1 Å². The van der Waals surface area contributed by atoms with E-state index in [1.165, 1.54) is 43.2 Å². The van der Waals surface area contributed by atoms with Gasteiger partial charge < -0.3 is 19.5 Å². The van der Waals surface area contributed by atoms with E-state index in [9.17, 15) is 4.39 Å². The first-order valence-corrected chi connectivity index (χ1v) is 12.3. The van der Waals surface area contributed by atoms with Crippen molar-refractivity contribution >= 4 is 16.6 Å². The topological polar surface area (TPSA) is 34.7 Å². The van der Waals surface area contributed by atoms with Crippen LogP contribution in [0.3, 0.4) is 0 Å². The van der Waals surface area contributed by atoms with Gasteiger partial charge in [0.15, 0.2) is 0 Å². The molecule has 0 amide bonds. The van der Waals surface area contributed by atoms with E-state index >= 15 is 0 Å². The van der Waals surface area contributed by atoms with Crippen LogP contribution in [0.2, 0.25) is 0 Å². The molecular weight excluding hydrogens is 415 g/mol. The van der Waals surface area contributed by atoms with Gasteiger partial charge in [0.05, 0.1) is 7.11 Å². The Balaban J connectivity index is 1.04. The highest BCUT2D eigenvalue weighted by Crippen LogP contribution is 2.27. The van der Waals surface area contributed by atoms with E-state index in [1.54, 1.807) is 13.2 Å². The van der Waals surface area contributed by atoms with Gasteiger partial charge in [0.2, 0.25) is 0 Å². The summed E-state index contributed by atoms with van der Waals surface area (Å²) in [7, 11) is 1.73. The highest BCUT2D eigenvalue weighted by molar-refractivity contribution is 5.83. The predicted octanol–water partition coefficient (Wildman–Crippen LogP) is 4.39. The second-order valence-corrected chi connectivity index (χ2v) is 9.52. The number of piperazine rings is 1. The zero-order chi connectivity index (χ0) is 22.6. The van der Waals surface area contributed by atoms with Gasteiger partial charge in [-0.2, -0.15) is 0 Å². The molecule has 0 saturated carbocycles. The lowest BCUT2D eigenvalue weighted by atomic mass is 9.90. The summed E-state index contributed by atoms with van der Waals surface area (Å²) in [5.41, 5.74) is 3.56. The number of aromatic amines is 1. The number of H-pyrrole nitrogens is 1. The van der Waals surface area contributed by atoms with E-state index in [0.29, 0.717) is 5.92 Å². The molecule has 0 aliphatic carbocycles. The lowest BCUT2D eigenvalue weighted by Gasteiger charge is -2.38. The minimum absolute atomic E-state index is 0.150. The Labute approximate surface area is 196 Å². The van der Waals surface area contributed by atoms with Crippen molar-refractivity contribution in [2.75, 3.05) is 64.4 Å². The van der Waals surface area contributed by atoms with Crippen molar-refractivity contribution in [2.45, 2.75) is 19.3 Å². The van der Waals surface area contributed by atoms with Crippen molar-refractivity contribution in [2.24, 2.45) is 5.92 Å². The van der Waals surface area contributed by atoms with Crippen LogP contribution in [0.4, 0.5) is 10.1 Å². The summed E-state index contributed by atoms with van der Waals surface area (Å²) in [6.45, 7) is 9.02. The van der Waals surface area contributed by atoms with Gasteiger partial charge in [-0.3, -0.25) is 4.90 Å². The fraction of sp³-hybridized carbons (Fsp3) is 0.481. The number of ether oxygens (including phenoxy) is 1. The monoisotopic (exact) mass is 450 g/mol. The van der Waals surface area contributed by atoms with Crippen LogP contribution in [-0.4, -0.2) is 74.3 Å². The molecule has 2 aliphatic rings. The molecule has 3 heterocycles. The number of likely N-dealkylation sites (tertiary alicyclic amines) is 1. The molecule has 0 bridgehead atoms. The largest absolute Gasteiger partial charge is 0.497 e. The van der Waals surface area contributed by atoms with Gasteiger partial charge in [0.1, 0.15) is 11.6 Å².